The van der Waals surface area contributed by atoms with E-state index in [1.165, 1.54) is 0 Å². The first-order chi connectivity index (χ1) is 22.4. The van der Waals surface area contributed by atoms with Crippen LogP contribution >= 0.6 is 0 Å². The van der Waals surface area contributed by atoms with Crippen molar-refractivity contribution in [2.24, 2.45) is 29.1 Å². The number of hydrogen-bond acceptors (Lipinski definition) is 9. The average molecular weight is 651 g/mol. The summed E-state index contributed by atoms with van der Waals surface area (Å²) in [6.45, 7) is 12.0. The lowest BCUT2D eigenvalue weighted by atomic mass is 9.85. The van der Waals surface area contributed by atoms with Crippen LogP contribution in [0.1, 0.15) is 91.7 Å². The Hall–Kier alpha value is -3.63. The molecule has 1 aromatic carbocycles. The summed E-state index contributed by atoms with van der Waals surface area (Å²) in [5.74, 6) is 1.07. The molecule has 47 heavy (non-hydrogen) atoms. The predicted octanol–water partition coefficient (Wildman–Crippen LogP) is 5.64. The molecule has 3 fully saturated rings. The Balaban J connectivity index is 1.40. The Bertz CT molecular complexity index is 1510. The number of alkyl carbamates (subject to hydrolysis) is 1. The number of nitrogens with one attached hydrogen (secondary N) is 1. The van der Waals surface area contributed by atoms with Gasteiger partial charge in [0, 0.05) is 17.9 Å². The molecule has 4 aliphatic rings. The Morgan fingerprint density at radius 1 is 1.06 bits per heavy atom. The molecule has 11 nitrogen and oxygen atoms in total. The fourth-order valence-corrected chi connectivity index (χ4v) is 7.30. The number of hydrogen-bond donors (Lipinski definition) is 1. The Labute approximate surface area is 277 Å². The Morgan fingerprint density at radius 2 is 1.83 bits per heavy atom. The second kappa shape index (κ2) is 13.1. The minimum Gasteiger partial charge on any atom is -0.497 e. The zero-order valence-corrected chi connectivity index (χ0v) is 28.8. The van der Waals surface area contributed by atoms with Gasteiger partial charge >= 0.3 is 12.1 Å². The van der Waals surface area contributed by atoms with Crippen molar-refractivity contribution < 1.29 is 33.3 Å². The highest BCUT2D eigenvalue weighted by Crippen LogP contribution is 2.53. The number of carbonyl (C=O) groups excluding carboxylic acids is 3. The van der Waals surface area contributed by atoms with Crippen molar-refractivity contribution >= 4 is 29.0 Å². The van der Waals surface area contributed by atoms with E-state index in [4.69, 9.17) is 28.9 Å². The third kappa shape index (κ3) is 7.14. The third-order valence-electron chi connectivity index (χ3n) is 10.2. The highest BCUT2D eigenvalue weighted by atomic mass is 16.6. The van der Waals surface area contributed by atoms with Gasteiger partial charge in [0.2, 0.25) is 11.8 Å². The fraction of sp³-hybridized carbons (Fsp3) is 0.694. The molecule has 1 aromatic heterocycles. The zero-order valence-electron chi connectivity index (χ0n) is 28.8. The first-order valence-corrected chi connectivity index (χ1v) is 17.3. The van der Waals surface area contributed by atoms with E-state index in [9.17, 15) is 14.4 Å². The van der Waals surface area contributed by atoms with Gasteiger partial charge < -0.3 is 29.2 Å². The van der Waals surface area contributed by atoms with E-state index in [2.05, 4.69) is 5.32 Å². The van der Waals surface area contributed by atoms with Gasteiger partial charge in [0.25, 0.3) is 0 Å². The third-order valence-corrected chi connectivity index (χ3v) is 10.2. The quantitative estimate of drug-likeness (QED) is 0.409. The molecule has 0 spiro atoms. The molecule has 1 N–H and O–H groups in total. The Morgan fingerprint density at radius 3 is 2.53 bits per heavy atom. The summed E-state index contributed by atoms with van der Waals surface area (Å²) in [5.41, 5.74) is 1.60. The van der Waals surface area contributed by atoms with Crippen LogP contribution in [-0.2, 0) is 19.1 Å². The lowest BCUT2D eigenvalue weighted by Crippen LogP contribution is -2.57. The summed E-state index contributed by atoms with van der Waals surface area (Å²) in [6, 6.07) is 3.83. The molecule has 2 aliphatic heterocycles. The van der Waals surface area contributed by atoms with Crippen LogP contribution in [0.4, 0.5) is 4.79 Å². The van der Waals surface area contributed by atoms with Crippen molar-refractivity contribution in [3.63, 3.8) is 0 Å². The number of aromatic nitrogens is 2. The molecule has 256 valence electrons. The first-order valence-electron chi connectivity index (χ1n) is 17.3. The molecule has 11 heteroatoms. The summed E-state index contributed by atoms with van der Waals surface area (Å²) in [6.07, 6.45) is 4.20. The topological polar surface area (TPSA) is 129 Å². The second-order valence-electron chi connectivity index (χ2n) is 15.4. The molecule has 2 saturated carbocycles. The van der Waals surface area contributed by atoms with Crippen molar-refractivity contribution in [1.29, 1.82) is 0 Å². The van der Waals surface area contributed by atoms with Crippen LogP contribution in [0.25, 0.3) is 11.0 Å². The van der Waals surface area contributed by atoms with Gasteiger partial charge in [-0.3, -0.25) is 4.79 Å². The standard InChI is InChI=1S/C36H50N4O7/c1-8-23-28-17-40(30(23)34(42)45-18-19(2)3)33(41)31(36(4,5)6)39-35(43)47-27-15-21(27)11-9-10-20-14-24(20)29-32(46-28)38-26-16-22(44-7)12-13-25(26)37-29/h12-13,16,19-21,23-24,27-28,30-31H,8-11,14-15,17-18H2,1-7H3,(H,39,43)/t20?,21-,23-,24?,27-,28+,30+,31-/m1/s1. The number of methoxy groups -OCH3 is 1. The maximum absolute atomic E-state index is 14.5. The SMILES string of the molecule is CC[C@@H]1[C@@H]2CN(C(=O)[C@H](C(C)(C)C)NC(=O)O[C@@H]3C[C@H]3CCCC3CC3c3nc4ccc(OC)cc4nc3O2)[C@@H]1C(=O)OCC(C)C. The van der Waals surface area contributed by atoms with E-state index in [1.54, 1.807) is 12.0 Å². The van der Waals surface area contributed by atoms with E-state index in [0.717, 1.165) is 43.3 Å². The number of amides is 2. The minimum absolute atomic E-state index is 0.128. The van der Waals surface area contributed by atoms with Crippen molar-refractivity contribution in [3.8, 4) is 11.6 Å². The maximum Gasteiger partial charge on any atom is 0.408 e. The average Bonchev–Trinajstić information content (AvgIpc) is 3.93. The van der Waals surface area contributed by atoms with E-state index < -0.39 is 35.7 Å². The molecular weight excluding hydrogens is 600 g/mol. The normalized spacial score (nSPS) is 30.9. The molecule has 1 saturated heterocycles. The molecule has 0 radical (unpaired) electrons. The highest BCUT2D eigenvalue weighted by Gasteiger charge is 2.53. The molecule has 2 aliphatic carbocycles. The predicted molar refractivity (Wildman–Crippen MR) is 175 cm³/mol. The highest BCUT2D eigenvalue weighted by molar-refractivity contribution is 5.91. The largest absolute Gasteiger partial charge is 0.497 e. The lowest BCUT2D eigenvalue weighted by Gasteiger charge is -2.35. The lowest BCUT2D eigenvalue weighted by molar-refractivity contribution is -0.157. The van der Waals surface area contributed by atoms with Gasteiger partial charge in [-0.05, 0) is 67.4 Å². The van der Waals surface area contributed by atoms with Crippen LogP contribution < -0.4 is 14.8 Å². The van der Waals surface area contributed by atoms with Crippen molar-refractivity contribution in [1.82, 2.24) is 20.2 Å². The second-order valence-corrected chi connectivity index (χ2v) is 15.4. The van der Waals surface area contributed by atoms with Crippen molar-refractivity contribution in [3.05, 3.63) is 23.9 Å². The van der Waals surface area contributed by atoms with Gasteiger partial charge in [-0.15, -0.1) is 0 Å². The van der Waals surface area contributed by atoms with Gasteiger partial charge in [-0.25, -0.2) is 19.6 Å². The molecule has 8 atom stereocenters. The number of carbonyl (C=O) groups is 3. The summed E-state index contributed by atoms with van der Waals surface area (Å²) in [7, 11) is 1.62. The van der Waals surface area contributed by atoms with Crippen LogP contribution in [0.3, 0.4) is 0 Å². The van der Waals surface area contributed by atoms with Gasteiger partial charge in [0.15, 0.2) is 0 Å². The van der Waals surface area contributed by atoms with Crippen LogP contribution in [0.2, 0.25) is 0 Å². The minimum atomic E-state index is -0.932. The number of nitrogens with zero attached hydrogens (tertiary/aromatic N) is 3. The van der Waals surface area contributed by atoms with Crippen molar-refractivity contribution in [2.45, 2.75) is 110 Å². The fourth-order valence-electron chi connectivity index (χ4n) is 7.30. The molecule has 2 aromatic rings. The smallest absolute Gasteiger partial charge is 0.408 e. The number of esters is 1. The van der Waals surface area contributed by atoms with E-state index >= 15 is 0 Å². The molecule has 2 unspecified atom stereocenters. The van der Waals surface area contributed by atoms with Crippen LogP contribution in [-0.4, -0.2) is 77.4 Å². The first kappa shape index (κ1) is 33.3. The molecular formula is C36H50N4O7. The molecule has 2 amide bonds. The number of benzene rings is 1. The van der Waals surface area contributed by atoms with Gasteiger partial charge in [-0.2, -0.15) is 0 Å². The van der Waals surface area contributed by atoms with Crippen LogP contribution in [0.5, 0.6) is 11.6 Å². The van der Waals surface area contributed by atoms with Crippen LogP contribution in [0.15, 0.2) is 18.2 Å². The van der Waals surface area contributed by atoms with E-state index in [1.807, 2.05) is 59.7 Å². The summed E-state index contributed by atoms with van der Waals surface area (Å²) in [5, 5.41) is 2.87. The molecule has 3 heterocycles. The number of ether oxygens (including phenoxy) is 4. The Kier molecular flexibility index (Phi) is 9.28. The molecule has 6 rings (SSSR count). The monoisotopic (exact) mass is 650 g/mol. The van der Waals surface area contributed by atoms with E-state index in [-0.39, 0.29) is 42.9 Å². The zero-order chi connectivity index (χ0) is 33.6. The molecule has 2 bridgehead atoms. The summed E-state index contributed by atoms with van der Waals surface area (Å²) >= 11 is 0. The van der Waals surface area contributed by atoms with Gasteiger partial charge in [-0.1, -0.05) is 48.0 Å². The number of fused-ring (bicyclic) bond motifs is 7. The maximum atomic E-state index is 14.5. The van der Waals surface area contributed by atoms with Crippen molar-refractivity contribution in [2.75, 3.05) is 20.3 Å². The van der Waals surface area contributed by atoms with Gasteiger partial charge in [0.1, 0.15) is 35.7 Å². The number of rotatable bonds is 5. The van der Waals surface area contributed by atoms with Gasteiger partial charge in [0.05, 0.1) is 31.3 Å². The summed E-state index contributed by atoms with van der Waals surface area (Å²) in [4.78, 5) is 53.1. The van der Waals surface area contributed by atoms with Crippen LogP contribution in [0, 0.1) is 29.1 Å². The van der Waals surface area contributed by atoms with E-state index in [0.29, 0.717) is 35.4 Å². The summed E-state index contributed by atoms with van der Waals surface area (Å²) < 4.78 is 23.8.